The van der Waals surface area contributed by atoms with E-state index in [1.54, 1.807) is 16.2 Å². The van der Waals surface area contributed by atoms with Crippen LogP contribution in [-0.4, -0.2) is 85.2 Å². The Morgan fingerprint density at radius 2 is 1.67 bits per heavy atom. The molecule has 2 aromatic rings. The van der Waals surface area contributed by atoms with Crippen molar-refractivity contribution in [1.82, 2.24) is 20.5 Å². The van der Waals surface area contributed by atoms with Crippen molar-refractivity contribution in [3.63, 3.8) is 0 Å². The van der Waals surface area contributed by atoms with Crippen molar-refractivity contribution in [2.24, 2.45) is 5.41 Å². The molecular weight excluding hydrogens is 632 g/mol. The predicted octanol–water partition coefficient (Wildman–Crippen LogP) is 5.85. The van der Waals surface area contributed by atoms with Gasteiger partial charge in [-0.2, -0.15) is 0 Å². The second-order valence-electron chi connectivity index (χ2n) is 12.1. The molecule has 3 atom stereocenters. The maximum Gasteiger partial charge on any atom is 0.246 e. The molecule has 3 amide bonds. The lowest BCUT2D eigenvalue weighted by Crippen LogP contribution is -2.58. The first-order chi connectivity index (χ1) is 22.9. The Morgan fingerprint density at radius 1 is 1.06 bits per heavy atom. The first-order valence-corrected chi connectivity index (χ1v) is 17.9. The van der Waals surface area contributed by atoms with Gasteiger partial charge in [-0.3, -0.25) is 14.4 Å². The van der Waals surface area contributed by atoms with Crippen LogP contribution in [0.3, 0.4) is 0 Å². The standard InChI is InChI=1S/C31H46N4O6S.C3H6O.C2H6/c1-8-40-26(41-9-2)18-39-17-25(36)34-28(31(5,6)7)30(38)35-16-10-11-24(35)29(37)33-20(3)22-12-14-23(15-13-22)27-21(4)32-19-42-27;1-2-3-4;1-2/h12-15,19-20,24,26,28H,8-11,16-18H2,1-7H3,(H,33,37)(H,34,36);3H,2H2,1H3;1-2H3. The Labute approximate surface area is 291 Å². The number of hydrogen-bond acceptors (Lipinski definition) is 9. The molecule has 3 unspecified atom stereocenters. The highest BCUT2D eigenvalue weighted by atomic mass is 32.1. The molecule has 0 bridgehead atoms. The van der Waals surface area contributed by atoms with Crippen molar-refractivity contribution < 1.29 is 33.4 Å². The lowest BCUT2D eigenvalue weighted by atomic mass is 9.85. The molecule has 1 aromatic heterocycles. The smallest absolute Gasteiger partial charge is 0.246 e. The summed E-state index contributed by atoms with van der Waals surface area (Å²) < 4.78 is 16.4. The second-order valence-corrected chi connectivity index (χ2v) is 13.0. The summed E-state index contributed by atoms with van der Waals surface area (Å²) in [4.78, 5) is 56.2. The minimum atomic E-state index is -0.822. The van der Waals surface area contributed by atoms with Gasteiger partial charge in [-0.15, -0.1) is 11.3 Å². The predicted molar refractivity (Wildman–Crippen MR) is 191 cm³/mol. The quantitative estimate of drug-likeness (QED) is 0.175. The average Bonchev–Trinajstić information content (AvgIpc) is 3.74. The number of likely N-dealkylation sites (tertiary alicyclic amines) is 1. The lowest BCUT2D eigenvalue weighted by Gasteiger charge is -2.35. The molecule has 0 spiro atoms. The van der Waals surface area contributed by atoms with Gasteiger partial charge < -0.3 is 34.5 Å². The molecule has 0 radical (unpaired) electrons. The van der Waals surface area contributed by atoms with Gasteiger partial charge in [0.05, 0.1) is 28.7 Å². The molecule has 0 saturated carbocycles. The van der Waals surface area contributed by atoms with E-state index in [0.29, 0.717) is 39.0 Å². The molecule has 3 rings (SSSR count). The maximum absolute atomic E-state index is 13.8. The van der Waals surface area contributed by atoms with Crippen LogP contribution in [0.5, 0.6) is 0 Å². The Bertz CT molecular complexity index is 1240. The number of rotatable bonds is 15. The number of aromatic nitrogens is 1. The summed E-state index contributed by atoms with van der Waals surface area (Å²) in [5, 5.41) is 5.94. The average molecular weight is 691 g/mol. The monoisotopic (exact) mass is 690 g/mol. The first-order valence-electron chi connectivity index (χ1n) is 17.0. The van der Waals surface area contributed by atoms with Crippen LogP contribution >= 0.6 is 11.3 Å². The minimum Gasteiger partial charge on any atom is -0.366 e. The summed E-state index contributed by atoms with van der Waals surface area (Å²) in [6.07, 6.45) is 2.24. The number of benzene rings is 1. The fraction of sp³-hybridized carbons (Fsp3) is 0.639. The number of carbonyl (C=O) groups is 4. The van der Waals surface area contributed by atoms with E-state index < -0.39 is 29.7 Å². The van der Waals surface area contributed by atoms with Crippen molar-refractivity contribution >= 4 is 35.3 Å². The van der Waals surface area contributed by atoms with Crippen LogP contribution in [0.1, 0.15) is 98.9 Å². The molecule has 1 aromatic carbocycles. The van der Waals surface area contributed by atoms with Gasteiger partial charge in [0.15, 0.2) is 6.29 Å². The number of aryl methyl sites for hydroxylation is 1. The van der Waals surface area contributed by atoms with Gasteiger partial charge in [0, 0.05) is 26.2 Å². The van der Waals surface area contributed by atoms with Gasteiger partial charge in [0.2, 0.25) is 17.7 Å². The van der Waals surface area contributed by atoms with E-state index in [2.05, 4.69) is 15.6 Å². The molecule has 1 aliphatic heterocycles. The van der Waals surface area contributed by atoms with Crippen LogP contribution in [0.4, 0.5) is 0 Å². The molecule has 12 heteroatoms. The van der Waals surface area contributed by atoms with Crippen molar-refractivity contribution in [1.29, 1.82) is 0 Å². The Balaban J connectivity index is 0.00000178. The Hall–Kier alpha value is -3.19. The van der Waals surface area contributed by atoms with Crippen LogP contribution in [-0.2, 0) is 33.4 Å². The highest BCUT2D eigenvalue weighted by Crippen LogP contribution is 2.29. The molecule has 1 saturated heterocycles. The van der Waals surface area contributed by atoms with Crippen LogP contribution in [0.25, 0.3) is 10.4 Å². The third-order valence-corrected chi connectivity index (χ3v) is 8.37. The summed E-state index contributed by atoms with van der Waals surface area (Å²) >= 11 is 1.60. The van der Waals surface area contributed by atoms with Crippen molar-refractivity contribution in [3.8, 4) is 10.4 Å². The molecule has 1 aliphatic rings. The van der Waals surface area contributed by atoms with E-state index in [9.17, 15) is 19.2 Å². The molecule has 11 nitrogen and oxygen atoms in total. The van der Waals surface area contributed by atoms with Gasteiger partial charge >= 0.3 is 0 Å². The fourth-order valence-electron chi connectivity index (χ4n) is 4.98. The topological polar surface area (TPSA) is 136 Å². The molecular formula is C36H58N4O7S. The van der Waals surface area contributed by atoms with E-state index >= 15 is 0 Å². The largest absolute Gasteiger partial charge is 0.366 e. The van der Waals surface area contributed by atoms with E-state index in [0.717, 1.165) is 28.0 Å². The number of amides is 3. The first kappa shape index (κ1) is 42.8. The van der Waals surface area contributed by atoms with E-state index in [4.69, 9.17) is 14.2 Å². The van der Waals surface area contributed by atoms with Crippen molar-refractivity contribution in [3.05, 3.63) is 41.0 Å². The number of carbonyl (C=O) groups excluding carboxylic acids is 4. The molecule has 48 heavy (non-hydrogen) atoms. The number of nitrogens with one attached hydrogen (secondary N) is 2. The van der Waals surface area contributed by atoms with Gasteiger partial charge in [-0.25, -0.2) is 4.98 Å². The summed E-state index contributed by atoms with van der Waals surface area (Å²) in [6, 6.07) is 6.44. The van der Waals surface area contributed by atoms with Gasteiger partial charge in [0.1, 0.15) is 25.0 Å². The van der Waals surface area contributed by atoms with Gasteiger partial charge in [-0.05, 0) is 57.1 Å². The van der Waals surface area contributed by atoms with Gasteiger partial charge in [-0.1, -0.05) is 65.8 Å². The summed E-state index contributed by atoms with van der Waals surface area (Å²) in [7, 11) is 0. The highest BCUT2D eigenvalue weighted by molar-refractivity contribution is 7.13. The molecule has 2 heterocycles. The zero-order valence-electron chi connectivity index (χ0n) is 30.6. The van der Waals surface area contributed by atoms with Gasteiger partial charge in [0.25, 0.3) is 0 Å². The van der Waals surface area contributed by atoms with Crippen LogP contribution < -0.4 is 10.6 Å². The molecule has 0 aliphatic carbocycles. The van der Waals surface area contributed by atoms with E-state index in [1.165, 1.54) is 0 Å². The van der Waals surface area contributed by atoms with Crippen molar-refractivity contribution in [2.45, 2.75) is 113 Å². The van der Waals surface area contributed by atoms with E-state index in [-0.39, 0.29) is 31.1 Å². The fourth-order valence-corrected chi connectivity index (χ4v) is 5.79. The number of aldehydes is 1. The van der Waals surface area contributed by atoms with Crippen LogP contribution in [0.2, 0.25) is 0 Å². The highest BCUT2D eigenvalue weighted by Gasteiger charge is 2.42. The SMILES string of the molecule is CC.CCC=O.CCOC(COCC(=O)NC(C(=O)N1CCCC1C(=O)NC(C)c1ccc(-c2scnc2C)cc1)C(C)(C)C)OCC. The summed E-state index contributed by atoms with van der Waals surface area (Å²) in [6.45, 7) is 20.4. The lowest BCUT2D eigenvalue weighted by molar-refractivity contribution is -0.169. The molecule has 2 N–H and O–H groups in total. The minimum absolute atomic E-state index is 0.101. The van der Waals surface area contributed by atoms with Crippen LogP contribution in [0, 0.1) is 12.3 Å². The Kier molecular flexibility index (Phi) is 20.0. The molecule has 1 fully saturated rings. The third kappa shape index (κ3) is 13.7. The number of hydrogen-bond donors (Lipinski definition) is 2. The summed E-state index contributed by atoms with van der Waals surface area (Å²) in [5.41, 5.74) is 4.31. The second kappa shape index (κ2) is 22.4. The zero-order chi connectivity index (χ0) is 36.3. The third-order valence-electron chi connectivity index (χ3n) is 7.39. The maximum atomic E-state index is 13.8. The zero-order valence-corrected chi connectivity index (χ0v) is 31.4. The Morgan fingerprint density at radius 3 is 2.17 bits per heavy atom. The number of thiazole rings is 1. The normalized spacial score (nSPS) is 15.4. The van der Waals surface area contributed by atoms with E-state index in [1.807, 2.05) is 99.0 Å². The molecule has 270 valence electrons. The number of nitrogens with zero attached hydrogens (tertiary/aromatic N) is 2. The van der Waals surface area contributed by atoms with Crippen molar-refractivity contribution in [2.75, 3.05) is 33.0 Å². The number of ether oxygens (including phenoxy) is 3. The summed E-state index contributed by atoms with van der Waals surface area (Å²) in [5.74, 6) is -0.885. The van der Waals surface area contributed by atoms with Crippen LogP contribution in [0.15, 0.2) is 29.8 Å².